The van der Waals surface area contributed by atoms with Crippen LogP contribution in [0.25, 0.3) is 0 Å². The molecule has 1 rings (SSSR count). The normalized spacial score (nSPS) is 19.2. The van der Waals surface area contributed by atoms with E-state index >= 15 is 0 Å². The summed E-state index contributed by atoms with van der Waals surface area (Å²) < 4.78 is -0.0964. The Hall–Kier alpha value is -0.180. The van der Waals surface area contributed by atoms with Crippen LogP contribution in [0.5, 0.6) is 0 Å². The first-order valence-corrected chi connectivity index (χ1v) is 5.77. The lowest BCUT2D eigenvalue weighted by Crippen LogP contribution is -2.22. The van der Waals surface area contributed by atoms with Crippen molar-refractivity contribution in [2.24, 2.45) is 0 Å². The second-order valence-corrected chi connectivity index (χ2v) is 6.36. The van der Waals surface area contributed by atoms with E-state index < -0.39 is 5.97 Å². The van der Waals surface area contributed by atoms with Crippen molar-refractivity contribution in [3.63, 3.8) is 0 Å². The highest BCUT2D eigenvalue weighted by Gasteiger charge is 2.28. The molecule has 0 saturated heterocycles. The molecule has 0 amide bonds. The summed E-state index contributed by atoms with van der Waals surface area (Å²) in [5, 5.41) is 9.41. The highest BCUT2D eigenvalue weighted by Crippen LogP contribution is 2.39. The van der Waals surface area contributed by atoms with Crippen LogP contribution in [0.4, 0.5) is 0 Å². The third kappa shape index (κ3) is 4.03. The number of aliphatic carboxylic acids is 1. The van der Waals surface area contributed by atoms with E-state index in [9.17, 15) is 4.79 Å². The van der Waals surface area contributed by atoms with Gasteiger partial charge in [-0.3, -0.25) is 4.79 Å². The van der Waals surface area contributed by atoms with Gasteiger partial charge >= 0.3 is 5.97 Å². The van der Waals surface area contributed by atoms with E-state index in [1.807, 2.05) is 25.6 Å². The standard InChI is InChI=1S/C10H18O2S/c1-10(2,7-9(11)12)13-8-5-3-4-6-8/h8H,3-7H2,1-2H3,(H,11,12). The van der Waals surface area contributed by atoms with Gasteiger partial charge in [0, 0.05) is 10.00 Å². The number of carbonyl (C=O) groups is 1. The Kier molecular flexibility index (Phi) is 3.65. The van der Waals surface area contributed by atoms with Crippen LogP contribution < -0.4 is 0 Å². The van der Waals surface area contributed by atoms with Crippen molar-refractivity contribution < 1.29 is 9.90 Å². The summed E-state index contributed by atoms with van der Waals surface area (Å²) in [6.45, 7) is 4.06. The Morgan fingerprint density at radius 2 is 2.00 bits per heavy atom. The molecule has 0 unspecified atom stereocenters. The summed E-state index contributed by atoms with van der Waals surface area (Å²) in [7, 11) is 0. The molecule has 1 fully saturated rings. The summed E-state index contributed by atoms with van der Waals surface area (Å²) in [5.41, 5.74) is 0. The number of carboxylic acid groups (broad SMARTS) is 1. The van der Waals surface area contributed by atoms with Crippen LogP contribution in [0, 0.1) is 0 Å². The lowest BCUT2D eigenvalue weighted by Gasteiger charge is -2.25. The molecule has 0 atom stereocenters. The molecule has 1 aliphatic carbocycles. The quantitative estimate of drug-likeness (QED) is 0.761. The number of hydrogen-bond acceptors (Lipinski definition) is 2. The van der Waals surface area contributed by atoms with Crippen molar-refractivity contribution in [2.45, 2.75) is 55.9 Å². The van der Waals surface area contributed by atoms with Crippen molar-refractivity contribution >= 4 is 17.7 Å². The summed E-state index contributed by atoms with van der Waals surface area (Å²) in [6.07, 6.45) is 5.46. The molecule has 13 heavy (non-hydrogen) atoms. The van der Waals surface area contributed by atoms with Crippen LogP contribution in [-0.4, -0.2) is 21.1 Å². The first-order chi connectivity index (χ1) is 5.99. The lowest BCUT2D eigenvalue weighted by molar-refractivity contribution is -0.137. The third-order valence-electron chi connectivity index (χ3n) is 2.36. The Morgan fingerprint density at radius 1 is 1.46 bits per heavy atom. The maximum Gasteiger partial charge on any atom is 0.304 e. The van der Waals surface area contributed by atoms with Gasteiger partial charge in [-0.1, -0.05) is 26.7 Å². The molecule has 0 aliphatic heterocycles. The zero-order valence-corrected chi connectivity index (χ0v) is 9.19. The minimum atomic E-state index is -0.685. The summed E-state index contributed by atoms with van der Waals surface area (Å²) in [6, 6.07) is 0. The highest BCUT2D eigenvalue weighted by atomic mass is 32.2. The van der Waals surface area contributed by atoms with Gasteiger partial charge in [0.1, 0.15) is 0 Å². The fourth-order valence-corrected chi connectivity index (χ4v) is 3.54. The topological polar surface area (TPSA) is 37.3 Å². The van der Waals surface area contributed by atoms with Gasteiger partial charge < -0.3 is 5.11 Å². The monoisotopic (exact) mass is 202 g/mol. The van der Waals surface area contributed by atoms with E-state index in [1.54, 1.807) is 0 Å². The van der Waals surface area contributed by atoms with E-state index in [0.717, 1.165) is 0 Å². The lowest BCUT2D eigenvalue weighted by atomic mass is 10.1. The summed E-state index contributed by atoms with van der Waals surface area (Å²) in [4.78, 5) is 10.6. The second-order valence-electron chi connectivity index (χ2n) is 4.35. The fourth-order valence-electron chi connectivity index (χ4n) is 1.86. The van der Waals surface area contributed by atoms with E-state index in [1.165, 1.54) is 25.7 Å². The minimum absolute atomic E-state index is 0.0964. The molecular weight excluding hydrogens is 184 g/mol. The van der Waals surface area contributed by atoms with Crippen LogP contribution in [0.3, 0.4) is 0 Å². The average Bonchev–Trinajstić information content (AvgIpc) is 2.34. The highest BCUT2D eigenvalue weighted by molar-refractivity contribution is 8.01. The van der Waals surface area contributed by atoms with Crippen molar-refractivity contribution in [3.8, 4) is 0 Å². The minimum Gasteiger partial charge on any atom is -0.481 e. The number of hydrogen-bond donors (Lipinski definition) is 1. The van der Waals surface area contributed by atoms with Crippen LogP contribution in [-0.2, 0) is 4.79 Å². The molecule has 3 heteroatoms. The fraction of sp³-hybridized carbons (Fsp3) is 0.900. The summed E-state index contributed by atoms with van der Waals surface area (Å²) in [5.74, 6) is -0.685. The molecule has 1 saturated carbocycles. The molecule has 2 nitrogen and oxygen atoms in total. The predicted molar refractivity (Wildman–Crippen MR) is 56.2 cm³/mol. The van der Waals surface area contributed by atoms with Gasteiger partial charge in [0.25, 0.3) is 0 Å². The molecule has 0 aromatic heterocycles. The molecule has 0 aromatic carbocycles. The van der Waals surface area contributed by atoms with E-state index in [-0.39, 0.29) is 11.2 Å². The Bertz CT molecular complexity index is 183. The van der Waals surface area contributed by atoms with Crippen LogP contribution >= 0.6 is 11.8 Å². The first kappa shape index (κ1) is 10.9. The van der Waals surface area contributed by atoms with Gasteiger partial charge in [-0.05, 0) is 12.8 Å². The predicted octanol–water partition coefficient (Wildman–Crippen LogP) is 2.92. The molecular formula is C10H18O2S. The van der Waals surface area contributed by atoms with E-state index in [2.05, 4.69) is 0 Å². The zero-order valence-electron chi connectivity index (χ0n) is 8.38. The molecule has 1 aliphatic rings. The Balaban J connectivity index is 2.35. The number of rotatable bonds is 4. The van der Waals surface area contributed by atoms with Crippen molar-refractivity contribution in [2.75, 3.05) is 0 Å². The van der Waals surface area contributed by atoms with E-state index in [0.29, 0.717) is 5.25 Å². The average molecular weight is 202 g/mol. The van der Waals surface area contributed by atoms with Gasteiger partial charge in [-0.25, -0.2) is 0 Å². The van der Waals surface area contributed by atoms with Crippen molar-refractivity contribution in [1.29, 1.82) is 0 Å². The van der Waals surface area contributed by atoms with Crippen molar-refractivity contribution in [3.05, 3.63) is 0 Å². The van der Waals surface area contributed by atoms with Gasteiger partial charge in [0.05, 0.1) is 6.42 Å². The molecule has 76 valence electrons. The van der Waals surface area contributed by atoms with Gasteiger partial charge in [-0.2, -0.15) is 11.8 Å². The molecule has 0 radical (unpaired) electrons. The third-order valence-corrected chi connectivity index (χ3v) is 3.95. The maximum absolute atomic E-state index is 10.6. The van der Waals surface area contributed by atoms with Gasteiger partial charge in [0.15, 0.2) is 0 Å². The molecule has 1 N–H and O–H groups in total. The second kappa shape index (κ2) is 4.36. The molecule has 0 aromatic rings. The maximum atomic E-state index is 10.6. The van der Waals surface area contributed by atoms with Crippen molar-refractivity contribution in [1.82, 2.24) is 0 Å². The van der Waals surface area contributed by atoms with E-state index in [4.69, 9.17) is 5.11 Å². The van der Waals surface area contributed by atoms with Gasteiger partial charge in [-0.15, -0.1) is 0 Å². The number of carboxylic acids is 1. The SMILES string of the molecule is CC(C)(CC(=O)O)SC1CCCC1. The number of thioether (sulfide) groups is 1. The zero-order chi connectivity index (χ0) is 9.90. The van der Waals surface area contributed by atoms with Gasteiger partial charge in [0.2, 0.25) is 0 Å². The summed E-state index contributed by atoms with van der Waals surface area (Å²) >= 11 is 1.86. The Labute approximate surface area is 84.1 Å². The Morgan fingerprint density at radius 3 is 2.46 bits per heavy atom. The largest absolute Gasteiger partial charge is 0.481 e. The smallest absolute Gasteiger partial charge is 0.304 e. The molecule has 0 bridgehead atoms. The first-order valence-electron chi connectivity index (χ1n) is 4.89. The molecule has 0 heterocycles. The molecule has 0 spiro atoms. The van der Waals surface area contributed by atoms with Crippen LogP contribution in [0.2, 0.25) is 0 Å². The van der Waals surface area contributed by atoms with Crippen LogP contribution in [0.1, 0.15) is 46.0 Å². The van der Waals surface area contributed by atoms with Crippen LogP contribution in [0.15, 0.2) is 0 Å².